The Morgan fingerprint density at radius 1 is 0.782 bits per heavy atom. The van der Waals surface area contributed by atoms with Gasteiger partial charge in [-0.1, -0.05) is 12.1 Å². The van der Waals surface area contributed by atoms with Crippen LogP contribution in [0.3, 0.4) is 0 Å². The molecule has 2 unspecified atom stereocenters. The molecule has 0 bridgehead atoms. The van der Waals surface area contributed by atoms with Gasteiger partial charge >= 0.3 is 6.09 Å². The number of piperidine rings is 2. The molecule has 0 saturated carbocycles. The Balaban J connectivity index is 0.000000174. The number of hydrogen-bond donors (Lipinski definition) is 5. The number of nitrogens with one attached hydrogen (secondary N) is 3. The minimum atomic E-state index is -0.528. The molecule has 2 aliphatic rings. The van der Waals surface area contributed by atoms with Crippen molar-refractivity contribution >= 4 is 39.7 Å². The average molecular weight is 747 g/mol. The van der Waals surface area contributed by atoms with Crippen molar-refractivity contribution in [2.45, 2.75) is 63.9 Å². The fourth-order valence-corrected chi connectivity index (χ4v) is 7.88. The number of H-pyrrole nitrogens is 2. The molecule has 6 heterocycles. The van der Waals surface area contributed by atoms with Gasteiger partial charge in [-0.3, -0.25) is 19.0 Å². The third-order valence-electron chi connectivity index (χ3n) is 10.5. The van der Waals surface area contributed by atoms with Crippen LogP contribution in [-0.4, -0.2) is 84.1 Å². The van der Waals surface area contributed by atoms with E-state index in [9.17, 15) is 14.4 Å². The average Bonchev–Trinajstić information content (AvgIpc) is 3.97. The van der Waals surface area contributed by atoms with Gasteiger partial charge < -0.3 is 36.4 Å². The summed E-state index contributed by atoms with van der Waals surface area (Å²) in [4.78, 5) is 45.0. The lowest BCUT2D eigenvalue weighted by atomic mass is 9.87. The molecule has 2 aliphatic heterocycles. The summed E-state index contributed by atoms with van der Waals surface area (Å²) < 4.78 is 9.07. The predicted octanol–water partition coefficient (Wildman–Crippen LogP) is 5.92. The molecule has 2 saturated heterocycles. The highest BCUT2D eigenvalue weighted by molar-refractivity contribution is 6.08. The fourth-order valence-electron chi connectivity index (χ4n) is 7.88. The lowest BCUT2D eigenvalue weighted by molar-refractivity contribution is 0.0198. The third kappa shape index (κ3) is 8.00. The summed E-state index contributed by atoms with van der Waals surface area (Å²) in [5.41, 5.74) is 19.3. The molecule has 3 amide bonds. The zero-order valence-corrected chi connectivity index (χ0v) is 32.1. The summed E-state index contributed by atoms with van der Waals surface area (Å²) in [7, 11) is 3.75. The number of likely N-dealkylation sites (tertiary alicyclic amines) is 1. The number of aryl methyl sites for hydroxylation is 2. The van der Waals surface area contributed by atoms with Crippen molar-refractivity contribution in [1.29, 1.82) is 0 Å². The molecule has 0 aliphatic carbocycles. The molecule has 7 N–H and O–H groups in total. The van der Waals surface area contributed by atoms with Gasteiger partial charge in [-0.05, 0) is 94.3 Å². The van der Waals surface area contributed by atoms with Crippen LogP contribution in [0.5, 0.6) is 0 Å². The Labute approximate surface area is 319 Å². The number of aromatic nitrogens is 6. The number of rotatable bonds is 6. The van der Waals surface area contributed by atoms with Crippen LogP contribution < -0.4 is 16.8 Å². The van der Waals surface area contributed by atoms with Crippen LogP contribution in [0.4, 0.5) is 4.79 Å². The van der Waals surface area contributed by atoms with E-state index in [2.05, 4.69) is 37.6 Å². The van der Waals surface area contributed by atoms with Gasteiger partial charge in [0.25, 0.3) is 11.8 Å². The molecule has 14 heteroatoms. The molecule has 2 atom stereocenters. The molecule has 0 spiro atoms. The highest BCUT2D eigenvalue weighted by atomic mass is 16.6. The van der Waals surface area contributed by atoms with E-state index < -0.39 is 17.4 Å². The molecular formula is C41H50N10O4. The second-order valence-electron chi connectivity index (χ2n) is 15.7. The number of benzene rings is 2. The largest absolute Gasteiger partial charge is 0.444 e. The Morgan fingerprint density at radius 2 is 1.31 bits per heavy atom. The number of primary amides is 2. The molecule has 14 nitrogen and oxygen atoms in total. The van der Waals surface area contributed by atoms with Gasteiger partial charge in [0.1, 0.15) is 5.60 Å². The van der Waals surface area contributed by atoms with Crippen LogP contribution in [0, 0.1) is 0 Å². The summed E-state index contributed by atoms with van der Waals surface area (Å²) in [6.07, 6.45) is 11.4. The van der Waals surface area contributed by atoms with Crippen LogP contribution in [0.2, 0.25) is 0 Å². The van der Waals surface area contributed by atoms with Gasteiger partial charge in [-0.2, -0.15) is 10.2 Å². The van der Waals surface area contributed by atoms with E-state index in [4.69, 9.17) is 16.2 Å². The highest BCUT2D eigenvalue weighted by Crippen LogP contribution is 2.37. The van der Waals surface area contributed by atoms with Crippen LogP contribution >= 0.6 is 0 Å². The van der Waals surface area contributed by atoms with E-state index >= 15 is 0 Å². The fraction of sp³-hybridized carbons (Fsp3) is 0.390. The maximum Gasteiger partial charge on any atom is 0.410 e. The van der Waals surface area contributed by atoms with Crippen LogP contribution in [0.25, 0.3) is 44.3 Å². The monoisotopic (exact) mass is 746 g/mol. The van der Waals surface area contributed by atoms with Crippen LogP contribution in [-0.2, 0) is 18.8 Å². The first-order valence-corrected chi connectivity index (χ1v) is 18.8. The number of nitrogens with two attached hydrogens (primary N) is 2. The number of fused-ring (bicyclic) bond motifs is 2. The molecule has 288 valence electrons. The summed E-state index contributed by atoms with van der Waals surface area (Å²) in [5, 5.41) is 14.0. The Hall–Kier alpha value is -5.89. The van der Waals surface area contributed by atoms with Gasteiger partial charge in [-0.15, -0.1) is 0 Å². The normalized spacial score (nSPS) is 17.6. The van der Waals surface area contributed by atoms with E-state index in [-0.39, 0.29) is 12.0 Å². The zero-order chi connectivity index (χ0) is 39.0. The minimum Gasteiger partial charge on any atom is -0.444 e. The number of ether oxygens (including phenoxy) is 1. The lowest BCUT2D eigenvalue weighted by Crippen LogP contribution is -2.42. The predicted molar refractivity (Wildman–Crippen MR) is 213 cm³/mol. The van der Waals surface area contributed by atoms with Crippen LogP contribution in [0.15, 0.2) is 61.2 Å². The van der Waals surface area contributed by atoms with Gasteiger partial charge in [-0.25, -0.2) is 4.79 Å². The maximum atomic E-state index is 12.6. The summed E-state index contributed by atoms with van der Waals surface area (Å²) in [6, 6.07) is 11.8. The van der Waals surface area contributed by atoms with Crippen LogP contribution in [0.1, 0.15) is 90.1 Å². The number of amides is 3. The second-order valence-corrected chi connectivity index (χ2v) is 15.7. The van der Waals surface area contributed by atoms with Crippen molar-refractivity contribution in [2.75, 3.05) is 26.2 Å². The number of aromatic amines is 2. The molecule has 2 fully saturated rings. The standard InChI is InChI=1S/C23H29N5O3.C18H21N5O/c1-23(2,3)31-22(30)28-9-5-6-14(13-28)16-7-8-17(21(24)29)20-18(16)10-19(26-20)15-11-25-27(4)12-15;1-23-10-12(9-21-23)16-7-15-13(11-3-2-6-20-8-11)4-5-14(18(19)24)17(15)22-16/h7-8,10-12,14,26H,5-6,9,13H2,1-4H3,(H2,24,29);4-5,7,9-11,20,22H,2-3,6,8H2,1H3,(H2,19,24). The lowest BCUT2D eigenvalue weighted by Gasteiger charge is -2.34. The van der Waals surface area contributed by atoms with Crippen molar-refractivity contribution in [3.05, 3.63) is 83.4 Å². The minimum absolute atomic E-state index is 0.142. The first-order valence-electron chi connectivity index (χ1n) is 18.8. The molecule has 0 radical (unpaired) electrons. The summed E-state index contributed by atoms with van der Waals surface area (Å²) in [5.74, 6) is -0.285. The van der Waals surface area contributed by atoms with Gasteiger partial charge in [0.05, 0.1) is 34.6 Å². The van der Waals surface area contributed by atoms with E-state index in [0.29, 0.717) is 30.1 Å². The van der Waals surface area contributed by atoms with Crippen molar-refractivity contribution in [2.24, 2.45) is 25.6 Å². The summed E-state index contributed by atoms with van der Waals surface area (Å²) in [6.45, 7) is 8.93. The van der Waals surface area contributed by atoms with E-state index in [1.165, 1.54) is 12.0 Å². The SMILES string of the molecule is Cn1cc(-c2cc3c(C4CCCN(C(=O)OC(C)(C)C)C4)ccc(C(N)=O)c3[nH]2)cn1.Cn1cc(-c2cc3c(C4CCCNC4)ccc(C(N)=O)c3[nH]2)cn1. The zero-order valence-electron chi connectivity index (χ0n) is 32.1. The van der Waals surface area contributed by atoms with E-state index in [1.807, 2.05) is 71.7 Å². The Kier molecular flexibility index (Phi) is 10.3. The first kappa shape index (κ1) is 37.4. The first-order chi connectivity index (χ1) is 26.3. The van der Waals surface area contributed by atoms with Crippen molar-refractivity contribution in [3.63, 3.8) is 0 Å². The topological polar surface area (TPSA) is 195 Å². The highest BCUT2D eigenvalue weighted by Gasteiger charge is 2.30. The van der Waals surface area contributed by atoms with E-state index in [1.54, 1.807) is 26.5 Å². The smallest absolute Gasteiger partial charge is 0.410 e. The van der Waals surface area contributed by atoms with Crippen molar-refractivity contribution in [1.82, 2.24) is 39.7 Å². The molecular weight excluding hydrogens is 697 g/mol. The van der Waals surface area contributed by atoms with Crippen molar-refractivity contribution in [3.8, 4) is 22.5 Å². The van der Waals surface area contributed by atoms with Gasteiger partial charge in [0.15, 0.2) is 0 Å². The molecule has 8 rings (SSSR count). The van der Waals surface area contributed by atoms with Gasteiger partial charge in [0, 0.05) is 85.3 Å². The Morgan fingerprint density at radius 3 is 1.76 bits per heavy atom. The quantitative estimate of drug-likeness (QED) is 0.140. The van der Waals surface area contributed by atoms with E-state index in [0.717, 1.165) is 82.2 Å². The van der Waals surface area contributed by atoms with Crippen molar-refractivity contribution < 1.29 is 19.1 Å². The summed E-state index contributed by atoms with van der Waals surface area (Å²) >= 11 is 0. The number of carbonyl (C=O) groups excluding carboxylic acids is 3. The number of hydrogen-bond acceptors (Lipinski definition) is 7. The maximum absolute atomic E-state index is 12.6. The number of carbonyl (C=O) groups is 3. The molecule has 6 aromatic rings. The second kappa shape index (κ2) is 15.1. The molecule has 55 heavy (non-hydrogen) atoms. The number of nitrogens with zero attached hydrogens (tertiary/aromatic N) is 5. The third-order valence-corrected chi connectivity index (χ3v) is 10.5. The molecule has 2 aromatic carbocycles. The molecule has 4 aromatic heterocycles. The Bertz CT molecular complexity index is 2370. The van der Waals surface area contributed by atoms with Gasteiger partial charge in [0.2, 0.25) is 0 Å².